The summed E-state index contributed by atoms with van der Waals surface area (Å²) in [4.78, 5) is 30.3. The number of benzene rings is 2. The van der Waals surface area contributed by atoms with Gasteiger partial charge in [0.05, 0.1) is 6.04 Å². The zero-order valence-corrected chi connectivity index (χ0v) is 16.8. The van der Waals surface area contributed by atoms with Crippen LogP contribution in [-0.4, -0.2) is 54.3 Å². The third-order valence-corrected chi connectivity index (χ3v) is 5.31. The van der Waals surface area contributed by atoms with Crippen molar-refractivity contribution < 1.29 is 9.59 Å². The van der Waals surface area contributed by atoms with Crippen molar-refractivity contribution in [3.05, 3.63) is 71.8 Å². The first-order valence-electron chi connectivity index (χ1n) is 9.87. The number of carbonyl (C=O) groups is 2. The van der Waals surface area contributed by atoms with E-state index in [0.29, 0.717) is 12.1 Å². The van der Waals surface area contributed by atoms with Gasteiger partial charge in [0.1, 0.15) is 6.04 Å². The molecule has 1 aliphatic heterocycles. The topological polar surface area (TPSA) is 52.7 Å². The van der Waals surface area contributed by atoms with Crippen molar-refractivity contribution in [2.24, 2.45) is 5.92 Å². The fourth-order valence-electron chi connectivity index (χ4n) is 3.65. The molecule has 0 spiro atoms. The molecule has 2 atom stereocenters. The molecule has 0 bridgehead atoms. The fourth-order valence-corrected chi connectivity index (χ4v) is 3.65. The van der Waals surface area contributed by atoms with Gasteiger partial charge in [-0.1, -0.05) is 62.4 Å². The zero-order chi connectivity index (χ0) is 20.1. The van der Waals surface area contributed by atoms with E-state index in [4.69, 9.17) is 0 Å². The standard InChI is InChI=1S/C23H29N3O2/c1-17(2)21(24-22(27)19-12-8-5-9-13-19)23(28)26-15-14-25(3)16-20(26)18-10-6-4-7-11-18/h4-13,17,20-21H,14-16H2,1-3H3,(H,24,27)/t20?,21-/m0/s1. The van der Waals surface area contributed by atoms with Crippen LogP contribution >= 0.6 is 0 Å². The highest BCUT2D eigenvalue weighted by molar-refractivity contribution is 5.97. The number of amides is 2. The van der Waals surface area contributed by atoms with Gasteiger partial charge in [-0.05, 0) is 30.7 Å². The molecule has 2 aromatic rings. The largest absolute Gasteiger partial charge is 0.340 e. The molecule has 2 amide bonds. The van der Waals surface area contributed by atoms with E-state index in [2.05, 4.69) is 29.4 Å². The van der Waals surface area contributed by atoms with E-state index >= 15 is 0 Å². The smallest absolute Gasteiger partial charge is 0.251 e. The molecule has 0 radical (unpaired) electrons. The van der Waals surface area contributed by atoms with E-state index < -0.39 is 6.04 Å². The van der Waals surface area contributed by atoms with Crippen LogP contribution in [0.2, 0.25) is 0 Å². The van der Waals surface area contributed by atoms with Gasteiger partial charge in [-0.15, -0.1) is 0 Å². The molecular formula is C23H29N3O2. The second-order valence-corrected chi connectivity index (χ2v) is 7.78. The van der Waals surface area contributed by atoms with E-state index in [1.54, 1.807) is 12.1 Å². The average molecular weight is 380 g/mol. The summed E-state index contributed by atoms with van der Waals surface area (Å²) in [6, 6.07) is 18.6. The predicted molar refractivity (Wildman–Crippen MR) is 111 cm³/mol. The lowest BCUT2D eigenvalue weighted by molar-refractivity contribution is -0.139. The van der Waals surface area contributed by atoms with Crippen LogP contribution in [0.1, 0.15) is 35.8 Å². The fraction of sp³-hybridized carbons (Fsp3) is 0.391. The molecule has 1 aliphatic rings. The number of hydrogen-bond acceptors (Lipinski definition) is 3. The monoisotopic (exact) mass is 379 g/mol. The SMILES string of the molecule is CC(C)[C@H](NC(=O)c1ccccc1)C(=O)N1CCN(C)CC1c1ccccc1. The minimum absolute atomic E-state index is 0.00348. The predicted octanol–water partition coefficient (Wildman–Crippen LogP) is 2.96. The Bertz CT molecular complexity index is 792. The van der Waals surface area contributed by atoms with E-state index in [1.807, 2.05) is 55.1 Å². The molecule has 0 aromatic heterocycles. The highest BCUT2D eigenvalue weighted by atomic mass is 16.2. The summed E-state index contributed by atoms with van der Waals surface area (Å²) in [6.45, 7) is 6.21. The lowest BCUT2D eigenvalue weighted by atomic mass is 9.97. The Labute approximate surface area is 167 Å². The minimum atomic E-state index is -0.553. The van der Waals surface area contributed by atoms with Gasteiger partial charge in [0.25, 0.3) is 5.91 Å². The summed E-state index contributed by atoms with van der Waals surface area (Å²) in [5, 5.41) is 2.97. The van der Waals surface area contributed by atoms with Crippen LogP contribution in [0.15, 0.2) is 60.7 Å². The van der Waals surface area contributed by atoms with Gasteiger partial charge in [-0.3, -0.25) is 9.59 Å². The van der Waals surface area contributed by atoms with Crippen molar-refractivity contribution in [1.29, 1.82) is 0 Å². The van der Waals surface area contributed by atoms with Crippen LogP contribution in [0.25, 0.3) is 0 Å². The Morgan fingerprint density at radius 1 is 0.964 bits per heavy atom. The van der Waals surface area contributed by atoms with Gasteiger partial charge in [-0.25, -0.2) is 0 Å². The number of likely N-dealkylation sites (N-methyl/N-ethyl adjacent to an activating group) is 1. The molecule has 2 aromatic carbocycles. The van der Waals surface area contributed by atoms with Crippen molar-refractivity contribution in [2.75, 3.05) is 26.7 Å². The third kappa shape index (κ3) is 4.60. The van der Waals surface area contributed by atoms with Crippen LogP contribution in [0.4, 0.5) is 0 Å². The van der Waals surface area contributed by atoms with Crippen LogP contribution in [0, 0.1) is 5.92 Å². The second kappa shape index (κ2) is 9.02. The van der Waals surface area contributed by atoms with Crippen LogP contribution < -0.4 is 5.32 Å². The molecule has 1 heterocycles. The molecule has 1 unspecified atom stereocenters. The highest BCUT2D eigenvalue weighted by Gasteiger charge is 2.36. The Balaban J connectivity index is 1.82. The molecule has 28 heavy (non-hydrogen) atoms. The molecular weight excluding hydrogens is 350 g/mol. The molecule has 3 rings (SSSR count). The van der Waals surface area contributed by atoms with Crippen LogP contribution in [0.5, 0.6) is 0 Å². The van der Waals surface area contributed by atoms with Gasteiger partial charge in [0.2, 0.25) is 5.91 Å². The van der Waals surface area contributed by atoms with E-state index in [9.17, 15) is 9.59 Å². The lowest BCUT2D eigenvalue weighted by Crippen LogP contribution is -2.57. The Morgan fingerprint density at radius 2 is 1.57 bits per heavy atom. The van der Waals surface area contributed by atoms with Crippen LogP contribution in [-0.2, 0) is 4.79 Å². The van der Waals surface area contributed by atoms with Crippen LogP contribution in [0.3, 0.4) is 0 Å². The summed E-state index contributed by atoms with van der Waals surface area (Å²) in [5.74, 6) is -0.226. The molecule has 0 saturated carbocycles. The average Bonchev–Trinajstić information content (AvgIpc) is 2.72. The van der Waals surface area contributed by atoms with Crippen molar-refractivity contribution >= 4 is 11.8 Å². The van der Waals surface area contributed by atoms with E-state index in [-0.39, 0.29) is 23.8 Å². The van der Waals surface area contributed by atoms with E-state index in [0.717, 1.165) is 18.7 Å². The molecule has 148 valence electrons. The highest BCUT2D eigenvalue weighted by Crippen LogP contribution is 2.26. The molecule has 1 fully saturated rings. The third-order valence-electron chi connectivity index (χ3n) is 5.31. The van der Waals surface area contributed by atoms with Gasteiger partial charge < -0.3 is 15.1 Å². The number of hydrogen-bond donors (Lipinski definition) is 1. The maximum absolute atomic E-state index is 13.5. The quantitative estimate of drug-likeness (QED) is 0.869. The summed E-state index contributed by atoms with van der Waals surface area (Å²) in [5.41, 5.74) is 1.69. The maximum atomic E-state index is 13.5. The number of nitrogens with zero attached hydrogens (tertiary/aromatic N) is 2. The zero-order valence-electron chi connectivity index (χ0n) is 16.8. The van der Waals surface area contributed by atoms with Gasteiger partial charge >= 0.3 is 0 Å². The van der Waals surface area contributed by atoms with Gasteiger partial charge in [-0.2, -0.15) is 0 Å². The van der Waals surface area contributed by atoms with Gasteiger partial charge in [0, 0.05) is 25.2 Å². The number of piperazine rings is 1. The molecule has 0 aliphatic carbocycles. The molecule has 1 N–H and O–H groups in total. The van der Waals surface area contributed by atoms with Crippen molar-refractivity contribution in [1.82, 2.24) is 15.1 Å². The Hall–Kier alpha value is -2.66. The first kappa shape index (κ1) is 20.1. The summed E-state index contributed by atoms with van der Waals surface area (Å²) in [6.07, 6.45) is 0. The molecule has 1 saturated heterocycles. The summed E-state index contributed by atoms with van der Waals surface area (Å²) in [7, 11) is 2.08. The summed E-state index contributed by atoms with van der Waals surface area (Å²) >= 11 is 0. The Kier molecular flexibility index (Phi) is 6.47. The minimum Gasteiger partial charge on any atom is -0.340 e. The number of nitrogens with one attached hydrogen (secondary N) is 1. The second-order valence-electron chi connectivity index (χ2n) is 7.78. The first-order valence-corrected chi connectivity index (χ1v) is 9.87. The normalized spacial score (nSPS) is 18.7. The van der Waals surface area contributed by atoms with E-state index in [1.165, 1.54) is 0 Å². The maximum Gasteiger partial charge on any atom is 0.251 e. The van der Waals surface area contributed by atoms with Crippen molar-refractivity contribution in [2.45, 2.75) is 25.9 Å². The van der Waals surface area contributed by atoms with Crippen molar-refractivity contribution in [3.63, 3.8) is 0 Å². The number of carbonyl (C=O) groups excluding carboxylic acids is 2. The number of rotatable bonds is 5. The van der Waals surface area contributed by atoms with Crippen molar-refractivity contribution in [3.8, 4) is 0 Å². The first-order chi connectivity index (χ1) is 13.5. The Morgan fingerprint density at radius 3 is 2.18 bits per heavy atom. The van der Waals surface area contributed by atoms with Gasteiger partial charge in [0.15, 0.2) is 0 Å². The summed E-state index contributed by atoms with van der Waals surface area (Å²) < 4.78 is 0. The lowest BCUT2D eigenvalue weighted by Gasteiger charge is -2.42. The molecule has 5 heteroatoms. The molecule has 5 nitrogen and oxygen atoms in total.